The van der Waals surface area contributed by atoms with E-state index < -0.39 is 17.2 Å². The highest BCUT2D eigenvalue weighted by Gasteiger charge is 2.24. The van der Waals surface area contributed by atoms with Crippen molar-refractivity contribution < 1.29 is 14.0 Å². The van der Waals surface area contributed by atoms with Crippen molar-refractivity contribution in [1.82, 2.24) is 14.5 Å². The molecule has 1 saturated heterocycles. The van der Waals surface area contributed by atoms with Crippen LogP contribution in [0, 0.1) is 19.7 Å². The Morgan fingerprint density at radius 2 is 1.87 bits per heavy atom. The number of carbonyl (C=O) groups excluding carboxylic acids is 2. The van der Waals surface area contributed by atoms with Gasteiger partial charge in [0.25, 0.3) is 5.91 Å². The fourth-order valence-electron chi connectivity index (χ4n) is 3.75. The van der Waals surface area contributed by atoms with Gasteiger partial charge in [0.1, 0.15) is 23.6 Å². The lowest BCUT2D eigenvalue weighted by molar-refractivity contribution is -0.116. The molecule has 0 spiro atoms. The SMILES string of the molecule is Cc1ccc2c(=O)c(C(=O)N3CCCC3)cn(CC(=O)Nc3ccc(C)c(F)c3)c2n1. The molecule has 31 heavy (non-hydrogen) atoms. The Morgan fingerprint density at radius 1 is 1.13 bits per heavy atom. The number of nitrogens with zero attached hydrogens (tertiary/aromatic N) is 3. The Bertz CT molecular complexity index is 1250. The van der Waals surface area contributed by atoms with Crippen molar-refractivity contribution in [3.05, 3.63) is 69.4 Å². The molecule has 160 valence electrons. The summed E-state index contributed by atoms with van der Waals surface area (Å²) in [5, 5.41) is 2.94. The summed E-state index contributed by atoms with van der Waals surface area (Å²) in [7, 11) is 0. The smallest absolute Gasteiger partial charge is 0.259 e. The van der Waals surface area contributed by atoms with E-state index in [1.165, 1.54) is 16.8 Å². The Balaban J connectivity index is 1.71. The number of rotatable bonds is 4. The summed E-state index contributed by atoms with van der Waals surface area (Å²) in [5.41, 5.74) is 1.45. The first-order chi connectivity index (χ1) is 14.8. The first-order valence-corrected chi connectivity index (χ1v) is 10.2. The Kier molecular flexibility index (Phi) is 5.54. The number of hydrogen-bond acceptors (Lipinski definition) is 4. The Morgan fingerprint density at radius 3 is 2.58 bits per heavy atom. The standard InChI is InChI=1S/C23H23FN4O3/c1-14-5-7-16(11-19(14)24)26-20(29)13-28-12-18(23(31)27-9-3-4-10-27)21(30)17-8-6-15(2)25-22(17)28/h5-8,11-12H,3-4,9-10,13H2,1-2H3,(H,26,29). The van der Waals surface area contributed by atoms with E-state index in [2.05, 4.69) is 10.3 Å². The Labute approximate surface area is 178 Å². The van der Waals surface area contributed by atoms with Crippen LogP contribution >= 0.6 is 0 Å². The average Bonchev–Trinajstić information content (AvgIpc) is 3.27. The summed E-state index contributed by atoms with van der Waals surface area (Å²) in [6.07, 6.45) is 3.22. The predicted octanol–water partition coefficient (Wildman–Crippen LogP) is 3.03. The normalized spacial score (nSPS) is 13.6. The fraction of sp³-hybridized carbons (Fsp3) is 0.304. The minimum Gasteiger partial charge on any atom is -0.338 e. The van der Waals surface area contributed by atoms with E-state index in [4.69, 9.17) is 0 Å². The van der Waals surface area contributed by atoms with Crippen LogP contribution in [-0.4, -0.2) is 39.4 Å². The summed E-state index contributed by atoms with van der Waals surface area (Å²) in [5.74, 6) is -1.17. The third-order valence-corrected chi connectivity index (χ3v) is 5.45. The van der Waals surface area contributed by atoms with Crippen LogP contribution in [0.3, 0.4) is 0 Å². The largest absolute Gasteiger partial charge is 0.338 e. The first kappa shape index (κ1) is 20.7. The monoisotopic (exact) mass is 422 g/mol. The molecule has 0 aliphatic carbocycles. The van der Waals surface area contributed by atoms with Gasteiger partial charge < -0.3 is 14.8 Å². The molecule has 0 saturated carbocycles. The fourth-order valence-corrected chi connectivity index (χ4v) is 3.75. The summed E-state index contributed by atoms with van der Waals surface area (Å²) in [6.45, 7) is 4.47. The number of fused-ring (bicyclic) bond motifs is 1. The van der Waals surface area contributed by atoms with Crippen LogP contribution in [0.4, 0.5) is 10.1 Å². The van der Waals surface area contributed by atoms with Crippen molar-refractivity contribution in [3.8, 4) is 0 Å². The summed E-state index contributed by atoms with van der Waals surface area (Å²) >= 11 is 0. The number of amides is 2. The lowest BCUT2D eigenvalue weighted by atomic mass is 10.1. The van der Waals surface area contributed by atoms with Gasteiger partial charge in [0.15, 0.2) is 0 Å². The zero-order valence-electron chi connectivity index (χ0n) is 17.4. The number of halogens is 1. The lowest BCUT2D eigenvalue weighted by Gasteiger charge is -2.17. The predicted molar refractivity (Wildman–Crippen MR) is 116 cm³/mol. The Hall–Kier alpha value is -3.55. The van der Waals surface area contributed by atoms with E-state index in [1.54, 1.807) is 43.0 Å². The molecular formula is C23H23FN4O3. The second-order valence-electron chi connectivity index (χ2n) is 7.84. The molecule has 3 heterocycles. The number of nitrogens with one attached hydrogen (secondary N) is 1. The van der Waals surface area contributed by atoms with Gasteiger partial charge in [-0.25, -0.2) is 9.37 Å². The molecule has 8 heteroatoms. The van der Waals surface area contributed by atoms with E-state index in [9.17, 15) is 18.8 Å². The maximum Gasteiger partial charge on any atom is 0.259 e. The van der Waals surface area contributed by atoms with Crippen LogP contribution in [0.2, 0.25) is 0 Å². The highest BCUT2D eigenvalue weighted by molar-refractivity contribution is 5.97. The molecule has 4 rings (SSSR count). The van der Waals surface area contributed by atoms with Gasteiger partial charge in [-0.3, -0.25) is 14.4 Å². The summed E-state index contributed by atoms with van der Waals surface area (Å²) < 4.78 is 15.3. The second-order valence-corrected chi connectivity index (χ2v) is 7.84. The number of carbonyl (C=O) groups is 2. The zero-order chi connectivity index (χ0) is 22.1. The maximum atomic E-state index is 13.8. The summed E-state index contributed by atoms with van der Waals surface area (Å²) in [6, 6.07) is 7.78. The third-order valence-electron chi connectivity index (χ3n) is 5.45. The number of hydrogen-bond donors (Lipinski definition) is 1. The highest BCUT2D eigenvalue weighted by Crippen LogP contribution is 2.17. The number of likely N-dealkylation sites (tertiary alicyclic amines) is 1. The first-order valence-electron chi connectivity index (χ1n) is 10.2. The summed E-state index contributed by atoms with van der Waals surface area (Å²) in [4.78, 5) is 44.7. The highest BCUT2D eigenvalue weighted by atomic mass is 19.1. The van der Waals surface area contributed by atoms with Gasteiger partial charge in [-0.05, 0) is 56.5 Å². The number of anilines is 1. The molecule has 0 atom stereocenters. The van der Waals surface area contributed by atoms with E-state index in [1.807, 2.05) is 0 Å². The van der Waals surface area contributed by atoms with Crippen molar-refractivity contribution in [2.45, 2.75) is 33.2 Å². The quantitative estimate of drug-likeness (QED) is 0.701. The molecule has 1 aliphatic rings. The molecule has 3 aromatic rings. The van der Waals surface area contributed by atoms with Gasteiger partial charge in [0, 0.05) is 30.7 Å². The van der Waals surface area contributed by atoms with Gasteiger partial charge in [0.05, 0.1) is 5.39 Å². The van der Waals surface area contributed by atoms with Gasteiger partial charge in [-0.1, -0.05) is 6.07 Å². The second kappa shape index (κ2) is 8.29. The van der Waals surface area contributed by atoms with Crippen LogP contribution in [0.15, 0.2) is 41.3 Å². The molecule has 0 unspecified atom stereocenters. The minimum atomic E-state index is -0.420. The number of aryl methyl sites for hydroxylation is 2. The molecule has 0 radical (unpaired) electrons. The number of pyridine rings is 2. The van der Waals surface area contributed by atoms with E-state index in [0.717, 1.165) is 12.8 Å². The van der Waals surface area contributed by atoms with Gasteiger partial charge in [0.2, 0.25) is 11.3 Å². The maximum absolute atomic E-state index is 13.8. The van der Waals surface area contributed by atoms with Crippen LogP contribution < -0.4 is 10.7 Å². The molecule has 0 bridgehead atoms. The number of benzene rings is 1. The van der Waals surface area contributed by atoms with E-state index in [0.29, 0.717) is 35.7 Å². The van der Waals surface area contributed by atoms with Crippen molar-refractivity contribution in [1.29, 1.82) is 0 Å². The number of aromatic nitrogens is 2. The average molecular weight is 422 g/mol. The van der Waals surface area contributed by atoms with Gasteiger partial charge in [-0.15, -0.1) is 0 Å². The molecular weight excluding hydrogens is 399 g/mol. The molecule has 1 N–H and O–H groups in total. The van der Waals surface area contributed by atoms with Gasteiger partial charge in [-0.2, -0.15) is 0 Å². The lowest BCUT2D eigenvalue weighted by Crippen LogP contribution is -2.33. The third kappa shape index (κ3) is 4.19. The van der Waals surface area contributed by atoms with Crippen molar-refractivity contribution in [2.24, 2.45) is 0 Å². The molecule has 1 aromatic carbocycles. The molecule has 1 fully saturated rings. The van der Waals surface area contributed by atoms with E-state index in [-0.39, 0.29) is 23.4 Å². The molecule has 7 nitrogen and oxygen atoms in total. The van der Waals surface area contributed by atoms with Crippen molar-refractivity contribution in [2.75, 3.05) is 18.4 Å². The zero-order valence-corrected chi connectivity index (χ0v) is 17.4. The van der Waals surface area contributed by atoms with Crippen LogP contribution in [0.5, 0.6) is 0 Å². The van der Waals surface area contributed by atoms with Crippen molar-refractivity contribution in [3.63, 3.8) is 0 Å². The molecule has 1 aliphatic heterocycles. The van der Waals surface area contributed by atoms with Crippen molar-refractivity contribution >= 4 is 28.5 Å². The van der Waals surface area contributed by atoms with Crippen LogP contribution in [0.1, 0.15) is 34.5 Å². The molecule has 2 amide bonds. The van der Waals surface area contributed by atoms with Crippen LogP contribution in [0.25, 0.3) is 11.0 Å². The minimum absolute atomic E-state index is 0.0224. The van der Waals surface area contributed by atoms with E-state index >= 15 is 0 Å². The topological polar surface area (TPSA) is 84.3 Å². The van der Waals surface area contributed by atoms with Gasteiger partial charge >= 0.3 is 0 Å². The molecule has 2 aromatic heterocycles. The van der Waals surface area contributed by atoms with Crippen LogP contribution in [-0.2, 0) is 11.3 Å².